The lowest BCUT2D eigenvalue weighted by Crippen LogP contribution is -2.03. The number of nitriles is 1. The maximum atomic E-state index is 9.82. The van der Waals surface area contributed by atoms with E-state index in [2.05, 4.69) is 16.2 Å². The zero-order valence-electron chi connectivity index (χ0n) is 12.8. The van der Waals surface area contributed by atoms with E-state index >= 15 is 0 Å². The molecule has 1 aliphatic rings. The van der Waals surface area contributed by atoms with Crippen LogP contribution in [0.1, 0.15) is 30.0 Å². The van der Waals surface area contributed by atoms with E-state index in [1.165, 1.54) is 6.33 Å². The van der Waals surface area contributed by atoms with Gasteiger partial charge in [-0.3, -0.25) is 0 Å². The summed E-state index contributed by atoms with van der Waals surface area (Å²) in [6.07, 6.45) is 9.48. The molecule has 1 aliphatic carbocycles. The molecule has 1 aromatic carbocycles. The van der Waals surface area contributed by atoms with Crippen molar-refractivity contribution in [3.8, 4) is 6.07 Å². The molecule has 0 atom stereocenters. The molecular weight excluding hydrogens is 288 g/mol. The largest absolute Gasteiger partial charge is 0.508 e. The Kier molecular flexibility index (Phi) is 4.07. The number of benzene rings is 1. The number of hydrogen-bond acceptors (Lipinski definition) is 4. The van der Waals surface area contributed by atoms with E-state index in [4.69, 9.17) is 0 Å². The monoisotopic (exact) mass is 304 g/mol. The van der Waals surface area contributed by atoms with Crippen LogP contribution in [-0.4, -0.2) is 19.9 Å². The fourth-order valence-electron chi connectivity index (χ4n) is 2.48. The summed E-state index contributed by atoms with van der Waals surface area (Å²) in [5, 5.41) is 23.2. The van der Waals surface area contributed by atoms with Gasteiger partial charge in [0.05, 0.1) is 18.2 Å². The molecule has 1 N–H and O–H groups in total. The lowest BCUT2D eigenvalue weighted by molar-refractivity contribution is 0.423. The molecule has 0 saturated carbocycles. The summed E-state index contributed by atoms with van der Waals surface area (Å²) in [6.45, 7) is 2.39. The van der Waals surface area contributed by atoms with Gasteiger partial charge in [-0.15, -0.1) is 0 Å². The highest BCUT2D eigenvalue weighted by Gasteiger charge is 2.10. The third-order valence-electron chi connectivity index (χ3n) is 3.87. The average Bonchev–Trinajstić information content (AvgIpc) is 3.01. The molecule has 0 amide bonds. The van der Waals surface area contributed by atoms with Crippen molar-refractivity contribution in [3.05, 3.63) is 77.1 Å². The van der Waals surface area contributed by atoms with E-state index in [0.29, 0.717) is 12.1 Å². The van der Waals surface area contributed by atoms with E-state index in [1.807, 2.05) is 37.3 Å². The van der Waals surface area contributed by atoms with Crippen LogP contribution in [0.5, 0.6) is 0 Å². The molecule has 0 radical (unpaired) electrons. The highest BCUT2D eigenvalue weighted by atomic mass is 16.3. The fraction of sp³-hybridized carbons (Fsp3) is 0.167. The third-order valence-corrected chi connectivity index (χ3v) is 3.87. The van der Waals surface area contributed by atoms with Crippen molar-refractivity contribution in [2.45, 2.75) is 19.9 Å². The molecule has 0 bridgehead atoms. The molecule has 0 spiro atoms. The number of rotatable bonds is 3. The van der Waals surface area contributed by atoms with Crippen LogP contribution in [-0.2, 0) is 6.54 Å². The Balaban J connectivity index is 1.97. The van der Waals surface area contributed by atoms with Crippen LogP contribution in [0.25, 0.3) is 5.57 Å². The molecule has 3 rings (SSSR count). The van der Waals surface area contributed by atoms with Crippen LogP contribution >= 0.6 is 0 Å². The van der Waals surface area contributed by atoms with E-state index < -0.39 is 0 Å². The molecule has 0 saturated heterocycles. The summed E-state index contributed by atoms with van der Waals surface area (Å²) in [4.78, 5) is 3.93. The molecule has 2 aromatic rings. The normalized spacial score (nSPS) is 14.3. The molecule has 1 heterocycles. The quantitative estimate of drug-likeness (QED) is 0.943. The highest BCUT2D eigenvalue weighted by Crippen LogP contribution is 2.26. The summed E-state index contributed by atoms with van der Waals surface area (Å²) in [5.74, 6) is 0.288. The van der Waals surface area contributed by atoms with E-state index in [-0.39, 0.29) is 5.76 Å². The maximum Gasteiger partial charge on any atom is 0.137 e. The predicted molar refractivity (Wildman–Crippen MR) is 87.3 cm³/mol. The standard InChI is InChI=1S/C18H16N4O/c1-13-2-3-14(6-7-18(13)23)15-4-5-16(9-19)17(8-15)10-22-12-20-11-21-22/h2,4-8,11-12,23H,3,10H2,1H3. The van der Waals surface area contributed by atoms with Gasteiger partial charge in [0.15, 0.2) is 0 Å². The third kappa shape index (κ3) is 3.22. The lowest BCUT2D eigenvalue weighted by atomic mass is 9.97. The first kappa shape index (κ1) is 14.8. The number of aliphatic hydroxyl groups excluding tert-OH is 1. The van der Waals surface area contributed by atoms with Crippen LogP contribution in [0.15, 0.2) is 60.4 Å². The Hall–Kier alpha value is -3.13. The van der Waals surface area contributed by atoms with Gasteiger partial charge in [-0.25, -0.2) is 9.67 Å². The Bertz CT molecular complexity index is 852. The smallest absolute Gasteiger partial charge is 0.137 e. The summed E-state index contributed by atoms with van der Waals surface area (Å²) in [6, 6.07) is 7.99. The van der Waals surface area contributed by atoms with Gasteiger partial charge in [0, 0.05) is 0 Å². The van der Waals surface area contributed by atoms with Gasteiger partial charge >= 0.3 is 0 Å². The molecule has 0 unspecified atom stereocenters. The zero-order valence-corrected chi connectivity index (χ0v) is 12.8. The van der Waals surface area contributed by atoms with Gasteiger partial charge in [-0.1, -0.05) is 18.2 Å². The van der Waals surface area contributed by atoms with Crippen molar-refractivity contribution >= 4 is 5.57 Å². The second-order valence-electron chi connectivity index (χ2n) is 5.41. The van der Waals surface area contributed by atoms with E-state index in [9.17, 15) is 10.4 Å². The molecule has 1 aromatic heterocycles. The average molecular weight is 304 g/mol. The van der Waals surface area contributed by atoms with Gasteiger partial charge in [-0.05, 0) is 53.8 Å². The van der Waals surface area contributed by atoms with Gasteiger partial charge in [0.1, 0.15) is 18.4 Å². The number of aromatic nitrogens is 3. The van der Waals surface area contributed by atoms with Crippen molar-refractivity contribution < 1.29 is 5.11 Å². The van der Waals surface area contributed by atoms with Gasteiger partial charge < -0.3 is 5.11 Å². The van der Waals surface area contributed by atoms with Crippen molar-refractivity contribution in [2.24, 2.45) is 0 Å². The van der Waals surface area contributed by atoms with Crippen molar-refractivity contribution in [1.29, 1.82) is 5.26 Å². The topological polar surface area (TPSA) is 74.7 Å². The first-order chi connectivity index (χ1) is 11.2. The van der Waals surface area contributed by atoms with Gasteiger partial charge in [-0.2, -0.15) is 10.4 Å². The second kappa shape index (κ2) is 6.32. The predicted octanol–water partition coefficient (Wildman–Crippen LogP) is 3.37. The second-order valence-corrected chi connectivity index (χ2v) is 5.41. The van der Waals surface area contributed by atoms with Crippen molar-refractivity contribution in [1.82, 2.24) is 14.8 Å². The molecule has 5 nitrogen and oxygen atoms in total. The van der Waals surface area contributed by atoms with Crippen molar-refractivity contribution in [2.75, 3.05) is 0 Å². The zero-order chi connectivity index (χ0) is 16.2. The molecule has 114 valence electrons. The summed E-state index contributed by atoms with van der Waals surface area (Å²) >= 11 is 0. The Morgan fingerprint density at radius 1 is 1.35 bits per heavy atom. The number of aliphatic hydroxyl groups is 1. The van der Waals surface area contributed by atoms with Crippen LogP contribution in [0.2, 0.25) is 0 Å². The van der Waals surface area contributed by atoms with E-state index in [1.54, 1.807) is 17.1 Å². The number of nitrogens with zero attached hydrogens (tertiary/aromatic N) is 4. The summed E-state index contributed by atoms with van der Waals surface area (Å²) < 4.78 is 1.69. The Labute approximate surface area is 134 Å². The van der Waals surface area contributed by atoms with Gasteiger partial charge in [0.2, 0.25) is 0 Å². The molecule has 0 aliphatic heterocycles. The maximum absolute atomic E-state index is 9.82. The molecule has 5 heteroatoms. The lowest BCUT2D eigenvalue weighted by Gasteiger charge is -2.09. The number of allylic oxidation sites excluding steroid dienone is 5. The first-order valence-corrected chi connectivity index (χ1v) is 7.30. The minimum Gasteiger partial charge on any atom is -0.508 e. The number of hydrogen-bond donors (Lipinski definition) is 1. The Morgan fingerprint density at radius 3 is 2.96 bits per heavy atom. The highest BCUT2D eigenvalue weighted by molar-refractivity contribution is 5.71. The SMILES string of the molecule is CC1=CCC(c2ccc(C#N)c(Cn3cncn3)c2)=CC=C1O. The summed E-state index contributed by atoms with van der Waals surface area (Å²) in [7, 11) is 0. The minimum atomic E-state index is 0.288. The minimum absolute atomic E-state index is 0.288. The van der Waals surface area contributed by atoms with Gasteiger partial charge in [0.25, 0.3) is 0 Å². The fourth-order valence-corrected chi connectivity index (χ4v) is 2.48. The molecular formula is C18H16N4O. The summed E-state index contributed by atoms with van der Waals surface area (Å²) in [5.41, 5.74) is 4.53. The first-order valence-electron chi connectivity index (χ1n) is 7.30. The van der Waals surface area contributed by atoms with Crippen molar-refractivity contribution in [3.63, 3.8) is 0 Å². The molecule has 0 fully saturated rings. The van der Waals surface area contributed by atoms with Crippen LogP contribution in [0.4, 0.5) is 0 Å². The van der Waals surface area contributed by atoms with Crippen LogP contribution in [0, 0.1) is 11.3 Å². The molecule has 23 heavy (non-hydrogen) atoms. The van der Waals surface area contributed by atoms with Crippen LogP contribution in [0.3, 0.4) is 0 Å². The Morgan fingerprint density at radius 2 is 2.22 bits per heavy atom. The van der Waals surface area contributed by atoms with Crippen LogP contribution < -0.4 is 0 Å². The van der Waals surface area contributed by atoms with E-state index in [0.717, 1.165) is 28.7 Å².